The molecule has 0 spiro atoms. The van der Waals surface area contributed by atoms with Crippen LogP contribution in [0.1, 0.15) is 0 Å². The second-order valence-electron chi connectivity index (χ2n) is 18.5. The molecule has 0 saturated carbocycles. The summed E-state index contributed by atoms with van der Waals surface area (Å²) >= 11 is 0. The number of aromatic nitrogens is 6. The van der Waals surface area contributed by atoms with E-state index in [1.54, 1.807) is 12.1 Å². The lowest BCUT2D eigenvalue weighted by Crippen LogP contribution is -2.33. The molecule has 3 heterocycles. The molecule has 10 aromatic rings. The van der Waals surface area contributed by atoms with E-state index in [0.717, 1.165) is 123 Å². The molecule has 0 bridgehead atoms. The second-order valence-corrected chi connectivity index (χ2v) is 18.5. The van der Waals surface area contributed by atoms with Crippen LogP contribution in [0.5, 0.6) is 0 Å². The lowest BCUT2D eigenvalue weighted by molar-refractivity contribution is -0.538. The Morgan fingerprint density at radius 2 is 0.914 bits per heavy atom. The zero-order valence-corrected chi connectivity index (χ0v) is 39.8. The Bertz CT molecular complexity index is 4060. The van der Waals surface area contributed by atoms with Crippen molar-refractivity contribution in [3.8, 4) is 50.7 Å². The molecule has 0 amide bonds. The number of fused-ring (bicyclic) bond motifs is 6. The fourth-order valence-electron chi connectivity index (χ4n) is 9.99. The highest BCUT2D eigenvalue weighted by atomic mass is 16.1. The van der Waals surface area contributed by atoms with Crippen molar-refractivity contribution in [3.63, 3.8) is 0 Å². The van der Waals surface area contributed by atoms with Gasteiger partial charge in [0.2, 0.25) is 33.4 Å². The number of hydrogen-bond donors (Lipinski definition) is 0. The largest absolute Gasteiger partial charge is 0.377 e. The molecule has 1 aliphatic carbocycles. The minimum atomic E-state index is -0.0591. The van der Waals surface area contributed by atoms with E-state index in [1.165, 1.54) is 0 Å². The maximum absolute atomic E-state index is 12.8. The van der Waals surface area contributed by atoms with Gasteiger partial charge in [-0.2, -0.15) is 0 Å². The monoisotopic (exact) mass is 911 g/mol. The van der Waals surface area contributed by atoms with Crippen molar-refractivity contribution in [2.24, 2.45) is 0 Å². The Balaban J connectivity index is 1.08. The fraction of sp³-hybridized carbons (Fsp3) is 0.100. The van der Waals surface area contributed by atoms with Crippen molar-refractivity contribution in [3.05, 3.63) is 198 Å². The zero-order chi connectivity index (χ0) is 47.8. The second kappa shape index (κ2) is 16.6. The van der Waals surface area contributed by atoms with Crippen molar-refractivity contribution in [1.82, 2.24) is 19.5 Å². The molecule has 10 nitrogen and oxygen atoms in total. The molecule has 2 aliphatic rings. The first-order valence-corrected chi connectivity index (χ1v) is 23.4. The van der Waals surface area contributed by atoms with Crippen LogP contribution in [-0.2, 0) is 0 Å². The first kappa shape index (κ1) is 42.3. The number of benzene rings is 9. The summed E-state index contributed by atoms with van der Waals surface area (Å²) in [6, 6.07) is 64.8. The SMILES string of the molecule is CN(C)c1ccc2nc3ccc(-c4cc5nc6ccc(-c7cc8nc9ccc(=O)cc-9n(-c9ccccc9)c8cc7N(C)C)cc6[n+](-c6ccccc6)c5cc4N(C)C)cc3[n+](-c3ccccc3)c2c1. The Kier molecular flexibility index (Phi) is 10.1. The molecule has 12 rings (SSSR count). The first-order chi connectivity index (χ1) is 34.1. The van der Waals surface area contributed by atoms with Gasteiger partial charge in [0.05, 0.1) is 28.1 Å². The standard InChI is InChI=1S/C60H49N9O/c1-64(2)43-24-28-49-57(32-43)67(40-16-10-7-11-17-40)55-30-38(22-26-47(55)61-49)45-34-51-59(36-53(45)65(3)4)68(41-18-12-8-13-19-41)56-31-39(23-27-48(56)62-51)46-35-52-60(37-54(46)66(5)6)69(42-20-14-9-15-21-42)58-33-44(70)25-29-50(58)63-52/h7-37H,1-6H3/q+2. The highest BCUT2D eigenvalue weighted by molar-refractivity contribution is 5.98. The molecule has 1 aliphatic heterocycles. The fourth-order valence-corrected chi connectivity index (χ4v) is 9.99. The van der Waals surface area contributed by atoms with Gasteiger partial charge < -0.3 is 19.3 Å². The van der Waals surface area contributed by atoms with E-state index in [-0.39, 0.29) is 5.43 Å². The molecule has 0 radical (unpaired) electrons. The summed E-state index contributed by atoms with van der Waals surface area (Å²) in [6.07, 6.45) is 0. The van der Waals surface area contributed by atoms with Gasteiger partial charge >= 0.3 is 0 Å². The molecule has 0 unspecified atom stereocenters. The van der Waals surface area contributed by atoms with Crippen LogP contribution in [-0.4, -0.2) is 61.8 Å². The van der Waals surface area contributed by atoms with Gasteiger partial charge in [-0.25, -0.2) is 15.0 Å². The van der Waals surface area contributed by atoms with Gasteiger partial charge in [-0.1, -0.05) is 66.7 Å². The molecule has 70 heavy (non-hydrogen) atoms. The zero-order valence-electron chi connectivity index (χ0n) is 39.8. The van der Waals surface area contributed by atoms with Gasteiger partial charge in [0.1, 0.15) is 22.1 Å². The van der Waals surface area contributed by atoms with Gasteiger partial charge in [0, 0.05) is 125 Å². The summed E-state index contributed by atoms with van der Waals surface area (Å²) < 4.78 is 6.81. The molecular weight excluding hydrogens is 863 g/mol. The third-order valence-electron chi connectivity index (χ3n) is 13.4. The maximum atomic E-state index is 12.8. The Morgan fingerprint density at radius 3 is 1.49 bits per heavy atom. The van der Waals surface area contributed by atoms with Crippen molar-refractivity contribution < 1.29 is 9.13 Å². The van der Waals surface area contributed by atoms with Crippen LogP contribution in [0.2, 0.25) is 0 Å². The van der Waals surface area contributed by atoms with Crippen molar-refractivity contribution in [2.75, 3.05) is 57.0 Å². The molecule has 0 saturated heterocycles. The van der Waals surface area contributed by atoms with Gasteiger partial charge in [0.15, 0.2) is 5.43 Å². The van der Waals surface area contributed by atoms with Crippen LogP contribution in [0.3, 0.4) is 0 Å². The lowest BCUT2D eigenvalue weighted by atomic mass is 9.99. The lowest BCUT2D eigenvalue weighted by Gasteiger charge is -2.23. The minimum Gasteiger partial charge on any atom is -0.377 e. The summed E-state index contributed by atoms with van der Waals surface area (Å²) in [5, 5.41) is 0. The van der Waals surface area contributed by atoms with Crippen LogP contribution >= 0.6 is 0 Å². The molecule has 0 atom stereocenters. The average molecular weight is 912 g/mol. The number of para-hydroxylation sites is 3. The Morgan fingerprint density at radius 1 is 0.414 bits per heavy atom. The van der Waals surface area contributed by atoms with Crippen LogP contribution in [0.25, 0.3) is 106 Å². The summed E-state index contributed by atoms with van der Waals surface area (Å²) in [7, 11) is 12.5. The highest BCUT2D eigenvalue weighted by Gasteiger charge is 2.27. The third kappa shape index (κ3) is 7.11. The van der Waals surface area contributed by atoms with Crippen molar-refractivity contribution in [2.45, 2.75) is 0 Å². The minimum absolute atomic E-state index is 0.0591. The molecule has 8 aromatic carbocycles. The van der Waals surface area contributed by atoms with Crippen LogP contribution in [0, 0.1) is 0 Å². The number of hydrogen-bond acceptors (Lipinski definition) is 7. The van der Waals surface area contributed by atoms with Gasteiger partial charge in [-0.3, -0.25) is 4.79 Å². The molecule has 338 valence electrons. The summed E-state index contributed by atoms with van der Waals surface area (Å²) in [5.41, 5.74) is 21.1. The van der Waals surface area contributed by atoms with Crippen LogP contribution in [0.4, 0.5) is 17.1 Å². The van der Waals surface area contributed by atoms with E-state index in [0.29, 0.717) is 0 Å². The van der Waals surface area contributed by atoms with E-state index in [1.807, 2.05) is 24.3 Å². The van der Waals surface area contributed by atoms with Gasteiger partial charge in [-0.15, -0.1) is 9.13 Å². The van der Waals surface area contributed by atoms with Crippen LogP contribution in [0.15, 0.2) is 193 Å². The van der Waals surface area contributed by atoms with E-state index in [2.05, 4.69) is 222 Å². The van der Waals surface area contributed by atoms with E-state index >= 15 is 0 Å². The number of rotatable bonds is 8. The Labute approximate surface area is 405 Å². The Hall–Kier alpha value is -9.02. The van der Waals surface area contributed by atoms with Crippen molar-refractivity contribution >= 4 is 72.2 Å². The molecule has 0 N–H and O–H groups in total. The van der Waals surface area contributed by atoms with Gasteiger partial charge in [-0.05, 0) is 77.9 Å². The topological polar surface area (TPSA) is 78.1 Å². The number of nitrogens with zero attached hydrogens (tertiary/aromatic N) is 9. The predicted octanol–water partition coefficient (Wildman–Crippen LogP) is 11.0. The predicted molar refractivity (Wildman–Crippen MR) is 286 cm³/mol. The summed E-state index contributed by atoms with van der Waals surface area (Å²) in [4.78, 5) is 35.1. The first-order valence-electron chi connectivity index (χ1n) is 23.4. The van der Waals surface area contributed by atoms with Crippen molar-refractivity contribution in [1.29, 1.82) is 0 Å². The molecular formula is C60H49N9O+2. The average Bonchev–Trinajstić information content (AvgIpc) is 3.38. The normalized spacial score (nSPS) is 11.6. The highest BCUT2D eigenvalue weighted by Crippen LogP contribution is 2.40. The van der Waals surface area contributed by atoms with Gasteiger partial charge in [0.25, 0.3) is 0 Å². The molecule has 0 fully saturated rings. The summed E-state index contributed by atoms with van der Waals surface area (Å²) in [6.45, 7) is 0. The summed E-state index contributed by atoms with van der Waals surface area (Å²) in [5.74, 6) is 0. The third-order valence-corrected chi connectivity index (χ3v) is 13.4. The number of anilines is 3. The quantitative estimate of drug-likeness (QED) is 0.111. The maximum Gasteiger partial charge on any atom is 0.239 e. The van der Waals surface area contributed by atoms with E-state index in [4.69, 9.17) is 15.0 Å². The van der Waals surface area contributed by atoms with E-state index < -0.39 is 0 Å². The smallest absolute Gasteiger partial charge is 0.239 e. The molecule has 10 heteroatoms. The molecule has 2 aromatic heterocycles. The van der Waals surface area contributed by atoms with Crippen LogP contribution < -0.4 is 29.3 Å². The van der Waals surface area contributed by atoms with E-state index in [9.17, 15) is 4.79 Å².